The lowest BCUT2D eigenvalue weighted by Gasteiger charge is -2.02. The monoisotopic (exact) mass is 252 g/mol. The molecule has 0 rings (SSSR count). The zero-order chi connectivity index (χ0) is 13.5. The lowest BCUT2D eigenvalue weighted by Crippen LogP contribution is -1.99. The standard InChI is InChI=1S/C16H28O2/c1-3-4-5-6-7-8-9-10-11-12-13-14-15-18-16(2)17/h3-6H,7-15H2,1-2H3/b4-3+,6-5-. The minimum atomic E-state index is -0.166. The number of esters is 1. The molecule has 0 aromatic heterocycles. The van der Waals surface area contributed by atoms with Gasteiger partial charge in [-0.25, -0.2) is 0 Å². The van der Waals surface area contributed by atoms with Gasteiger partial charge in [0.15, 0.2) is 0 Å². The summed E-state index contributed by atoms with van der Waals surface area (Å²) in [7, 11) is 0. The molecule has 0 saturated carbocycles. The van der Waals surface area contributed by atoms with Gasteiger partial charge in [-0.15, -0.1) is 0 Å². The molecular weight excluding hydrogens is 224 g/mol. The number of hydrogen-bond donors (Lipinski definition) is 0. The fraction of sp³-hybridized carbons (Fsp3) is 0.688. The van der Waals surface area contributed by atoms with E-state index < -0.39 is 0 Å². The molecule has 0 fully saturated rings. The second-order valence-electron chi connectivity index (χ2n) is 4.56. The van der Waals surface area contributed by atoms with Crippen LogP contribution in [0.25, 0.3) is 0 Å². The first-order valence-electron chi connectivity index (χ1n) is 7.18. The van der Waals surface area contributed by atoms with Crippen molar-refractivity contribution in [2.75, 3.05) is 6.61 Å². The van der Waals surface area contributed by atoms with E-state index >= 15 is 0 Å². The fourth-order valence-corrected chi connectivity index (χ4v) is 1.75. The maximum Gasteiger partial charge on any atom is 0.302 e. The van der Waals surface area contributed by atoms with Gasteiger partial charge in [0.1, 0.15) is 0 Å². The van der Waals surface area contributed by atoms with Gasteiger partial charge in [-0.05, 0) is 26.2 Å². The van der Waals surface area contributed by atoms with Gasteiger partial charge in [-0.2, -0.15) is 0 Å². The molecule has 0 aliphatic rings. The van der Waals surface area contributed by atoms with E-state index in [1.165, 1.54) is 51.9 Å². The Labute approximate surface area is 112 Å². The highest BCUT2D eigenvalue weighted by atomic mass is 16.5. The van der Waals surface area contributed by atoms with Gasteiger partial charge in [0.2, 0.25) is 0 Å². The zero-order valence-electron chi connectivity index (χ0n) is 12.0. The first kappa shape index (κ1) is 16.9. The second-order valence-corrected chi connectivity index (χ2v) is 4.56. The Morgan fingerprint density at radius 2 is 1.56 bits per heavy atom. The highest BCUT2D eigenvalue weighted by Gasteiger charge is 1.94. The van der Waals surface area contributed by atoms with E-state index in [9.17, 15) is 4.79 Å². The largest absolute Gasteiger partial charge is 0.466 e. The fourth-order valence-electron chi connectivity index (χ4n) is 1.75. The quantitative estimate of drug-likeness (QED) is 0.300. The molecule has 0 amide bonds. The summed E-state index contributed by atoms with van der Waals surface area (Å²) in [5.41, 5.74) is 0. The normalized spacial score (nSPS) is 11.4. The molecule has 18 heavy (non-hydrogen) atoms. The third-order valence-corrected chi connectivity index (χ3v) is 2.76. The molecule has 2 nitrogen and oxygen atoms in total. The summed E-state index contributed by atoms with van der Waals surface area (Å²) in [4.78, 5) is 10.5. The maximum atomic E-state index is 10.5. The van der Waals surface area contributed by atoms with E-state index in [1.54, 1.807) is 0 Å². The van der Waals surface area contributed by atoms with Crippen molar-refractivity contribution in [1.82, 2.24) is 0 Å². The van der Waals surface area contributed by atoms with E-state index in [2.05, 4.69) is 18.2 Å². The topological polar surface area (TPSA) is 26.3 Å². The summed E-state index contributed by atoms with van der Waals surface area (Å²) in [6, 6.07) is 0. The number of allylic oxidation sites excluding steroid dienone is 4. The number of ether oxygens (including phenoxy) is 1. The first-order chi connectivity index (χ1) is 8.77. The van der Waals surface area contributed by atoms with Crippen molar-refractivity contribution in [3.8, 4) is 0 Å². The summed E-state index contributed by atoms with van der Waals surface area (Å²) in [6.45, 7) is 4.08. The minimum Gasteiger partial charge on any atom is -0.466 e. The summed E-state index contributed by atoms with van der Waals surface area (Å²) < 4.78 is 4.88. The van der Waals surface area contributed by atoms with Gasteiger partial charge in [-0.3, -0.25) is 4.79 Å². The van der Waals surface area contributed by atoms with E-state index in [4.69, 9.17) is 4.74 Å². The van der Waals surface area contributed by atoms with Crippen molar-refractivity contribution in [2.45, 2.75) is 65.2 Å². The molecule has 0 bridgehead atoms. The average Bonchev–Trinajstić information content (AvgIpc) is 2.34. The van der Waals surface area contributed by atoms with Crippen LogP contribution in [0.1, 0.15) is 65.2 Å². The molecule has 0 aliphatic carbocycles. The Morgan fingerprint density at radius 3 is 2.17 bits per heavy atom. The Kier molecular flexibility index (Phi) is 13.2. The summed E-state index contributed by atoms with van der Waals surface area (Å²) in [5, 5.41) is 0. The molecule has 0 saturated heterocycles. The van der Waals surface area contributed by atoms with Gasteiger partial charge < -0.3 is 4.74 Å². The van der Waals surface area contributed by atoms with Crippen LogP contribution >= 0.6 is 0 Å². The van der Waals surface area contributed by atoms with E-state index in [0.717, 1.165) is 6.42 Å². The van der Waals surface area contributed by atoms with Crippen molar-refractivity contribution in [2.24, 2.45) is 0 Å². The van der Waals surface area contributed by atoms with Crippen molar-refractivity contribution in [3.05, 3.63) is 24.3 Å². The molecule has 0 spiro atoms. The summed E-state index contributed by atoms with van der Waals surface area (Å²) >= 11 is 0. The van der Waals surface area contributed by atoms with Crippen LogP contribution < -0.4 is 0 Å². The molecule has 0 aromatic carbocycles. The van der Waals surface area contributed by atoms with Gasteiger partial charge in [0.25, 0.3) is 0 Å². The smallest absolute Gasteiger partial charge is 0.302 e. The lowest BCUT2D eigenvalue weighted by atomic mass is 10.1. The molecule has 0 heterocycles. The number of carbonyl (C=O) groups excluding carboxylic acids is 1. The predicted molar refractivity (Wildman–Crippen MR) is 77.5 cm³/mol. The minimum absolute atomic E-state index is 0.166. The van der Waals surface area contributed by atoms with E-state index in [1.807, 2.05) is 13.0 Å². The Bertz CT molecular complexity index is 241. The van der Waals surface area contributed by atoms with Crippen molar-refractivity contribution >= 4 is 5.97 Å². The molecule has 2 heteroatoms. The van der Waals surface area contributed by atoms with Gasteiger partial charge >= 0.3 is 5.97 Å². The molecule has 0 unspecified atom stereocenters. The Hall–Kier alpha value is -1.05. The highest BCUT2D eigenvalue weighted by Crippen LogP contribution is 2.09. The van der Waals surface area contributed by atoms with Gasteiger partial charge in [0.05, 0.1) is 6.61 Å². The van der Waals surface area contributed by atoms with Crippen LogP contribution in [0, 0.1) is 0 Å². The zero-order valence-corrected chi connectivity index (χ0v) is 12.0. The lowest BCUT2D eigenvalue weighted by molar-refractivity contribution is -0.141. The van der Waals surface area contributed by atoms with Crippen LogP contribution in [-0.4, -0.2) is 12.6 Å². The van der Waals surface area contributed by atoms with Crippen LogP contribution in [-0.2, 0) is 9.53 Å². The SMILES string of the molecule is C/C=C/C=C\CCCCCCCCCOC(C)=O. The third-order valence-electron chi connectivity index (χ3n) is 2.76. The molecule has 0 atom stereocenters. The van der Waals surface area contributed by atoms with Crippen LogP contribution in [0.5, 0.6) is 0 Å². The van der Waals surface area contributed by atoms with Crippen molar-refractivity contribution in [3.63, 3.8) is 0 Å². The van der Waals surface area contributed by atoms with Crippen molar-refractivity contribution < 1.29 is 9.53 Å². The number of unbranched alkanes of at least 4 members (excludes halogenated alkanes) is 7. The number of rotatable bonds is 11. The third kappa shape index (κ3) is 14.9. The summed E-state index contributed by atoms with van der Waals surface area (Å²) in [6.07, 6.45) is 18.4. The predicted octanol–water partition coefficient (Wildman–Crippen LogP) is 4.80. The molecule has 0 radical (unpaired) electrons. The number of hydrogen-bond acceptors (Lipinski definition) is 2. The molecule has 0 aliphatic heterocycles. The molecule has 0 aromatic rings. The number of carbonyl (C=O) groups is 1. The summed E-state index contributed by atoms with van der Waals surface area (Å²) in [5.74, 6) is -0.166. The Morgan fingerprint density at radius 1 is 0.944 bits per heavy atom. The van der Waals surface area contributed by atoms with Crippen molar-refractivity contribution in [1.29, 1.82) is 0 Å². The van der Waals surface area contributed by atoms with Gasteiger partial charge in [0, 0.05) is 6.92 Å². The second kappa shape index (κ2) is 14.0. The Balaban J connectivity index is 3.05. The van der Waals surface area contributed by atoms with Crippen LogP contribution in [0.2, 0.25) is 0 Å². The van der Waals surface area contributed by atoms with Crippen LogP contribution in [0.3, 0.4) is 0 Å². The molecule has 104 valence electrons. The van der Waals surface area contributed by atoms with Crippen LogP contribution in [0.4, 0.5) is 0 Å². The highest BCUT2D eigenvalue weighted by molar-refractivity contribution is 5.65. The first-order valence-corrected chi connectivity index (χ1v) is 7.18. The van der Waals surface area contributed by atoms with E-state index in [0.29, 0.717) is 6.61 Å². The van der Waals surface area contributed by atoms with Crippen LogP contribution in [0.15, 0.2) is 24.3 Å². The molecular formula is C16H28O2. The maximum absolute atomic E-state index is 10.5. The average molecular weight is 252 g/mol. The molecule has 0 N–H and O–H groups in total. The van der Waals surface area contributed by atoms with E-state index in [-0.39, 0.29) is 5.97 Å². The van der Waals surface area contributed by atoms with Gasteiger partial charge in [-0.1, -0.05) is 56.4 Å².